The van der Waals surface area contributed by atoms with Crippen LogP contribution >= 0.6 is 0 Å². The molecule has 1 aromatic rings. The van der Waals surface area contributed by atoms with Crippen LogP contribution in [0.15, 0.2) is 18.2 Å². The smallest absolute Gasteiger partial charge is 0.335 e. The average Bonchev–Trinajstić information content (AvgIpc) is 2.28. The summed E-state index contributed by atoms with van der Waals surface area (Å²) in [4.78, 5) is 22.8. The van der Waals surface area contributed by atoms with Crippen molar-refractivity contribution in [2.75, 3.05) is 11.6 Å². The predicted molar refractivity (Wildman–Crippen MR) is 74.0 cm³/mol. The standard InChI is InChI=1S/C12H15FN2O5S/c1-12(2,15-21(3,19)20)11(18)14-9-6-7(10(16)17)4-5-8(9)13/h4-6,15H,1-3H3,(H,14,18)(H,16,17). The molecule has 0 aliphatic carbocycles. The lowest BCUT2D eigenvalue weighted by Gasteiger charge is -2.24. The van der Waals surface area contributed by atoms with Crippen molar-refractivity contribution in [1.82, 2.24) is 4.72 Å². The summed E-state index contributed by atoms with van der Waals surface area (Å²) in [5.41, 5.74) is -2.08. The number of carbonyl (C=O) groups is 2. The van der Waals surface area contributed by atoms with E-state index in [1.54, 1.807) is 0 Å². The molecule has 0 spiro atoms. The van der Waals surface area contributed by atoms with E-state index in [9.17, 15) is 22.4 Å². The molecule has 0 saturated heterocycles. The van der Waals surface area contributed by atoms with Crippen LogP contribution in [-0.4, -0.2) is 37.2 Å². The van der Waals surface area contributed by atoms with Gasteiger partial charge in [0.05, 0.1) is 17.5 Å². The molecule has 0 heterocycles. The normalized spacial score (nSPS) is 12.0. The van der Waals surface area contributed by atoms with E-state index in [2.05, 4.69) is 10.0 Å². The molecule has 0 saturated carbocycles. The Bertz CT molecular complexity index is 685. The van der Waals surface area contributed by atoms with Crippen LogP contribution < -0.4 is 10.0 Å². The topological polar surface area (TPSA) is 113 Å². The zero-order valence-electron chi connectivity index (χ0n) is 11.6. The second-order valence-electron chi connectivity index (χ2n) is 4.95. The van der Waals surface area contributed by atoms with Gasteiger partial charge < -0.3 is 10.4 Å². The van der Waals surface area contributed by atoms with Gasteiger partial charge in [-0.05, 0) is 32.0 Å². The number of anilines is 1. The zero-order chi connectivity index (χ0) is 16.4. The van der Waals surface area contributed by atoms with Gasteiger partial charge in [-0.15, -0.1) is 0 Å². The van der Waals surface area contributed by atoms with Crippen molar-refractivity contribution in [3.05, 3.63) is 29.6 Å². The fraction of sp³-hybridized carbons (Fsp3) is 0.333. The molecule has 7 nitrogen and oxygen atoms in total. The van der Waals surface area contributed by atoms with Crippen molar-refractivity contribution in [2.45, 2.75) is 19.4 Å². The van der Waals surface area contributed by atoms with Crippen LogP contribution in [-0.2, 0) is 14.8 Å². The number of halogens is 1. The first-order chi connectivity index (χ1) is 9.42. The summed E-state index contributed by atoms with van der Waals surface area (Å²) in [5.74, 6) is -2.93. The number of carboxylic acids is 1. The molecule has 3 N–H and O–H groups in total. The van der Waals surface area contributed by atoms with Gasteiger partial charge >= 0.3 is 5.97 Å². The summed E-state index contributed by atoms with van der Waals surface area (Å²) in [6, 6.07) is 2.90. The SMILES string of the molecule is CC(C)(NS(C)(=O)=O)C(=O)Nc1cc(C(=O)O)ccc1F. The molecule has 0 unspecified atom stereocenters. The third-order valence-corrected chi connectivity index (χ3v) is 3.35. The van der Waals surface area contributed by atoms with Gasteiger partial charge in [-0.2, -0.15) is 0 Å². The van der Waals surface area contributed by atoms with Crippen LogP contribution in [0.4, 0.5) is 10.1 Å². The van der Waals surface area contributed by atoms with Gasteiger partial charge in [-0.3, -0.25) is 4.79 Å². The first kappa shape index (κ1) is 17.1. The second kappa shape index (κ2) is 5.78. The number of carbonyl (C=O) groups excluding carboxylic acids is 1. The fourth-order valence-electron chi connectivity index (χ4n) is 1.54. The van der Waals surface area contributed by atoms with Crippen LogP contribution in [0.1, 0.15) is 24.2 Å². The van der Waals surface area contributed by atoms with Crippen LogP contribution in [0, 0.1) is 5.82 Å². The van der Waals surface area contributed by atoms with Crippen LogP contribution in [0.3, 0.4) is 0 Å². The van der Waals surface area contributed by atoms with E-state index in [1.807, 2.05) is 0 Å². The van der Waals surface area contributed by atoms with E-state index in [0.29, 0.717) is 0 Å². The number of amides is 1. The Balaban J connectivity index is 3.03. The highest BCUT2D eigenvalue weighted by Gasteiger charge is 2.31. The van der Waals surface area contributed by atoms with Crippen molar-refractivity contribution < 1.29 is 27.5 Å². The van der Waals surface area contributed by atoms with Gasteiger partial charge in [0.1, 0.15) is 11.4 Å². The monoisotopic (exact) mass is 318 g/mol. The highest BCUT2D eigenvalue weighted by Crippen LogP contribution is 2.18. The number of sulfonamides is 1. The molecule has 0 fully saturated rings. The zero-order valence-corrected chi connectivity index (χ0v) is 12.4. The minimum atomic E-state index is -3.65. The minimum absolute atomic E-state index is 0.208. The number of rotatable bonds is 5. The Morgan fingerprint density at radius 3 is 2.33 bits per heavy atom. The van der Waals surface area contributed by atoms with Crippen LogP contribution in [0.5, 0.6) is 0 Å². The summed E-state index contributed by atoms with van der Waals surface area (Å²) >= 11 is 0. The Kier molecular flexibility index (Phi) is 4.69. The van der Waals surface area contributed by atoms with Crippen molar-refractivity contribution in [3.8, 4) is 0 Å². The molecule has 1 aromatic carbocycles. The number of hydrogen-bond donors (Lipinski definition) is 3. The number of aromatic carboxylic acids is 1. The average molecular weight is 318 g/mol. The summed E-state index contributed by atoms with van der Waals surface area (Å²) in [7, 11) is -3.65. The quantitative estimate of drug-likeness (QED) is 0.743. The highest BCUT2D eigenvalue weighted by molar-refractivity contribution is 7.88. The molecule has 9 heteroatoms. The molecule has 0 aliphatic heterocycles. The summed E-state index contributed by atoms with van der Waals surface area (Å²) in [6.45, 7) is 2.59. The summed E-state index contributed by atoms with van der Waals surface area (Å²) in [6.07, 6.45) is 0.883. The molecule has 1 rings (SSSR count). The van der Waals surface area contributed by atoms with E-state index in [1.165, 1.54) is 13.8 Å². The molecule has 1 amide bonds. The van der Waals surface area contributed by atoms with Crippen LogP contribution in [0.25, 0.3) is 0 Å². The minimum Gasteiger partial charge on any atom is -0.478 e. The molecular weight excluding hydrogens is 303 g/mol. The van der Waals surface area contributed by atoms with Gasteiger partial charge in [-0.1, -0.05) is 0 Å². The molecule has 116 valence electrons. The highest BCUT2D eigenvalue weighted by atomic mass is 32.2. The van der Waals surface area contributed by atoms with E-state index in [0.717, 1.165) is 24.5 Å². The predicted octanol–water partition coefficient (Wildman–Crippen LogP) is 0.790. The lowest BCUT2D eigenvalue weighted by Crippen LogP contribution is -2.52. The van der Waals surface area contributed by atoms with Gasteiger partial charge in [0.2, 0.25) is 15.9 Å². The lowest BCUT2D eigenvalue weighted by molar-refractivity contribution is -0.120. The maximum atomic E-state index is 13.6. The molecule has 0 bridgehead atoms. The van der Waals surface area contributed by atoms with Gasteiger partial charge in [0.15, 0.2) is 0 Å². The van der Waals surface area contributed by atoms with Gasteiger partial charge in [-0.25, -0.2) is 22.3 Å². The number of benzene rings is 1. The molecule has 0 atom stereocenters. The van der Waals surface area contributed by atoms with Crippen molar-refractivity contribution >= 4 is 27.6 Å². The number of hydrogen-bond acceptors (Lipinski definition) is 4. The Morgan fingerprint density at radius 2 is 1.86 bits per heavy atom. The lowest BCUT2D eigenvalue weighted by atomic mass is 10.1. The fourth-order valence-corrected chi connectivity index (χ4v) is 2.56. The van der Waals surface area contributed by atoms with E-state index in [-0.39, 0.29) is 11.3 Å². The first-order valence-electron chi connectivity index (χ1n) is 5.75. The molecule has 0 radical (unpaired) electrons. The third kappa shape index (κ3) is 4.80. The second-order valence-corrected chi connectivity index (χ2v) is 6.70. The van der Waals surface area contributed by atoms with E-state index < -0.39 is 33.3 Å². The Morgan fingerprint density at radius 1 is 1.29 bits per heavy atom. The molecule has 0 aliphatic rings. The van der Waals surface area contributed by atoms with Gasteiger partial charge in [0, 0.05) is 0 Å². The van der Waals surface area contributed by atoms with Crippen molar-refractivity contribution in [3.63, 3.8) is 0 Å². The molecule has 21 heavy (non-hydrogen) atoms. The largest absolute Gasteiger partial charge is 0.478 e. The molecular formula is C12H15FN2O5S. The van der Waals surface area contributed by atoms with Crippen LogP contribution in [0.2, 0.25) is 0 Å². The summed E-state index contributed by atoms with van der Waals surface area (Å²) in [5, 5.41) is 11.0. The van der Waals surface area contributed by atoms with Crippen molar-refractivity contribution in [2.24, 2.45) is 0 Å². The third-order valence-electron chi connectivity index (χ3n) is 2.47. The van der Waals surface area contributed by atoms with Gasteiger partial charge in [0.25, 0.3) is 0 Å². The van der Waals surface area contributed by atoms with E-state index >= 15 is 0 Å². The molecule has 0 aromatic heterocycles. The number of carboxylic acid groups (broad SMARTS) is 1. The Hall–Kier alpha value is -2.00. The maximum absolute atomic E-state index is 13.6. The Labute approximate surface area is 121 Å². The maximum Gasteiger partial charge on any atom is 0.335 e. The number of nitrogens with one attached hydrogen (secondary N) is 2. The van der Waals surface area contributed by atoms with Crippen molar-refractivity contribution in [1.29, 1.82) is 0 Å². The first-order valence-corrected chi connectivity index (χ1v) is 7.65. The summed E-state index contributed by atoms with van der Waals surface area (Å²) < 4.78 is 38.0. The van der Waals surface area contributed by atoms with E-state index in [4.69, 9.17) is 5.11 Å².